The molecule has 3 N–H and O–H groups in total. The van der Waals surface area contributed by atoms with Gasteiger partial charge < -0.3 is 20.7 Å². The number of amides is 1. The van der Waals surface area contributed by atoms with Crippen LogP contribution in [-0.4, -0.2) is 55.7 Å². The van der Waals surface area contributed by atoms with E-state index in [1.54, 1.807) is 7.05 Å². The molecule has 184 valence electrons. The van der Waals surface area contributed by atoms with Gasteiger partial charge >= 0.3 is 0 Å². The van der Waals surface area contributed by atoms with Gasteiger partial charge in [0.1, 0.15) is 6.10 Å². The molecule has 2 saturated heterocycles. The summed E-state index contributed by atoms with van der Waals surface area (Å²) in [6.07, 6.45) is 3.84. The first kappa shape index (κ1) is 26.4. The SMILES string of the molecule is CN=C(NCc1cccc(NC(=O)C2CCCO2)c1)NCC1CCCN1Cc1ccccc1.I. The second kappa shape index (κ2) is 13.7. The molecule has 4 rings (SSSR count). The number of ether oxygens (including phenoxy) is 1. The van der Waals surface area contributed by atoms with Crippen LogP contribution in [0.5, 0.6) is 0 Å². The molecule has 0 radical (unpaired) electrons. The molecule has 7 nitrogen and oxygen atoms in total. The molecule has 0 saturated carbocycles. The average molecular weight is 578 g/mol. The normalized spacial score (nSPS) is 20.6. The number of likely N-dealkylation sites (tertiary alicyclic amines) is 1. The zero-order chi connectivity index (χ0) is 22.9. The summed E-state index contributed by atoms with van der Waals surface area (Å²) < 4.78 is 5.47. The van der Waals surface area contributed by atoms with Crippen molar-refractivity contribution in [3.05, 3.63) is 65.7 Å². The van der Waals surface area contributed by atoms with Gasteiger partial charge in [0.2, 0.25) is 0 Å². The maximum atomic E-state index is 12.3. The van der Waals surface area contributed by atoms with Gasteiger partial charge in [-0.15, -0.1) is 24.0 Å². The molecule has 2 aromatic carbocycles. The molecule has 1 amide bonds. The number of nitrogens with zero attached hydrogens (tertiary/aromatic N) is 2. The quantitative estimate of drug-likeness (QED) is 0.253. The molecule has 2 atom stereocenters. The second-order valence-electron chi connectivity index (χ2n) is 8.75. The molecule has 0 aromatic heterocycles. The molecule has 2 aliphatic heterocycles. The van der Waals surface area contributed by atoms with Crippen LogP contribution in [-0.2, 0) is 22.6 Å². The van der Waals surface area contributed by atoms with E-state index in [0.717, 1.165) is 49.7 Å². The Morgan fingerprint density at radius 3 is 2.65 bits per heavy atom. The largest absolute Gasteiger partial charge is 0.368 e. The topological polar surface area (TPSA) is 78.0 Å². The lowest BCUT2D eigenvalue weighted by atomic mass is 10.1. The number of hydrogen-bond donors (Lipinski definition) is 3. The van der Waals surface area contributed by atoms with Crippen molar-refractivity contribution in [1.29, 1.82) is 0 Å². The lowest BCUT2D eigenvalue weighted by Gasteiger charge is -2.25. The van der Waals surface area contributed by atoms with Crippen LogP contribution in [0.2, 0.25) is 0 Å². The van der Waals surface area contributed by atoms with E-state index in [4.69, 9.17) is 4.74 Å². The summed E-state index contributed by atoms with van der Waals surface area (Å²) >= 11 is 0. The maximum Gasteiger partial charge on any atom is 0.253 e. The van der Waals surface area contributed by atoms with E-state index in [2.05, 4.69) is 56.2 Å². The highest BCUT2D eigenvalue weighted by molar-refractivity contribution is 14.0. The van der Waals surface area contributed by atoms with Crippen LogP contribution in [0.15, 0.2) is 59.6 Å². The molecular formula is C26H36IN5O2. The van der Waals surface area contributed by atoms with Crippen molar-refractivity contribution in [2.24, 2.45) is 4.99 Å². The minimum atomic E-state index is -0.327. The number of benzene rings is 2. The van der Waals surface area contributed by atoms with Crippen molar-refractivity contribution in [2.75, 3.05) is 32.1 Å². The third-order valence-corrected chi connectivity index (χ3v) is 6.33. The number of hydrogen-bond acceptors (Lipinski definition) is 4. The van der Waals surface area contributed by atoms with Gasteiger partial charge in [-0.25, -0.2) is 0 Å². The van der Waals surface area contributed by atoms with Crippen molar-refractivity contribution in [1.82, 2.24) is 15.5 Å². The summed E-state index contributed by atoms with van der Waals surface area (Å²) in [7, 11) is 1.80. The standard InChI is InChI=1S/C26H35N5O2.HI/c1-27-26(29-18-23-12-6-14-31(23)19-20-8-3-2-4-9-20)28-17-21-10-5-11-22(16-21)30-25(32)24-13-7-15-33-24;/h2-5,8-11,16,23-24H,6-7,12-15,17-19H2,1H3,(H,30,32)(H2,27,28,29);1H. The molecular weight excluding hydrogens is 541 g/mol. The molecule has 2 aliphatic rings. The van der Waals surface area contributed by atoms with E-state index in [-0.39, 0.29) is 36.0 Å². The minimum Gasteiger partial charge on any atom is -0.368 e. The Labute approximate surface area is 219 Å². The Hall–Kier alpha value is -2.17. The van der Waals surface area contributed by atoms with Crippen molar-refractivity contribution >= 4 is 41.5 Å². The van der Waals surface area contributed by atoms with E-state index in [1.165, 1.54) is 18.4 Å². The van der Waals surface area contributed by atoms with Crippen LogP contribution in [0.1, 0.15) is 36.8 Å². The molecule has 8 heteroatoms. The van der Waals surface area contributed by atoms with E-state index in [0.29, 0.717) is 19.2 Å². The molecule has 2 unspecified atom stereocenters. The lowest BCUT2D eigenvalue weighted by molar-refractivity contribution is -0.124. The van der Waals surface area contributed by atoms with Gasteiger partial charge in [-0.2, -0.15) is 0 Å². The average Bonchev–Trinajstić information content (AvgIpc) is 3.53. The number of carbonyl (C=O) groups excluding carboxylic acids is 1. The molecule has 2 heterocycles. The first-order chi connectivity index (χ1) is 16.2. The maximum absolute atomic E-state index is 12.3. The number of aliphatic imine (C=N–C) groups is 1. The van der Waals surface area contributed by atoms with Crippen LogP contribution in [0.25, 0.3) is 0 Å². The smallest absolute Gasteiger partial charge is 0.253 e. The molecule has 34 heavy (non-hydrogen) atoms. The Bertz CT molecular complexity index is 934. The number of rotatable bonds is 8. The third kappa shape index (κ3) is 7.68. The Morgan fingerprint density at radius 1 is 1.06 bits per heavy atom. The minimum absolute atomic E-state index is 0. The van der Waals surface area contributed by atoms with Gasteiger partial charge in [0.15, 0.2) is 5.96 Å². The number of halogens is 1. The zero-order valence-electron chi connectivity index (χ0n) is 19.8. The first-order valence-corrected chi connectivity index (χ1v) is 11.9. The summed E-state index contributed by atoms with van der Waals surface area (Å²) in [6.45, 7) is 4.28. The van der Waals surface area contributed by atoms with Crippen LogP contribution in [0, 0.1) is 0 Å². The molecule has 0 bridgehead atoms. The van der Waals surface area contributed by atoms with Crippen LogP contribution >= 0.6 is 24.0 Å². The molecule has 0 spiro atoms. The number of guanidine groups is 1. The first-order valence-electron chi connectivity index (χ1n) is 11.9. The Morgan fingerprint density at radius 2 is 1.88 bits per heavy atom. The fraction of sp³-hybridized carbons (Fsp3) is 0.462. The summed E-state index contributed by atoms with van der Waals surface area (Å²) in [5.41, 5.74) is 3.23. The van der Waals surface area contributed by atoms with E-state index >= 15 is 0 Å². The van der Waals surface area contributed by atoms with Gasteiger partial charge in [-0.05, 0) is 55.5 Å². The summed E-state index contributed by atoms with van der Waals surface area (Å²) in [5, 5.41) is 9.85. The fourth-order valence-corrected chi connectivity index (χ4v) is 4.54. The van der Waals surface area contributed by atoms with E-state index in [1.807, 2.05) is 24.3 Å². The molecule has 0 aliphatic carbocycles. The van der Waals surface area contributed by atoms with Gasteiger partial charge in [0.05, 0.1) is 0 Å². The van der Waals surface area contributed by atoms with Gasteiger partial charge in [-0.1, -0.05) is 42.5 Å². The van der Waals surface area contributed by atoms with Crippen molar-refractivity contribution in [2.45, 2.75) is 50.9 Å². The van der Waals surface area contributed by atoms with Gasteiger partial charge in [0.25, 0.3) is 5.91 Å². The van der Waals surface area contributed by atoms with Crippen LogP contribution < -0.4 is 16.0 Å². The van der Waals surface area contributed by atoms with Crippen molar-refractivity contribution in [3.8, 4) is 0 Å². The summed E-state index contributed by atoms with van der Waals surface area (Å²) in [6, 6.07) is 19.1. The Balaban J connectivity index is 0.00000324. The van der Waals surface area contributed by atoms with Crippen molar-refractivity contribution < 1.29 is 9.53 Å². The highest BCUT2D eigenvalue weighted by atomic mass is 127. The summed E-state index contributed by atoms with van der Waals surface area (Å²) in [4.78, 5) is 19.2. The predicted octanol–water partition coefficient (Wildman–Crippen LogP) is 3.75. The third-order valence-electron chi connectivity index (χ3n) is 6.33. The molecule has 2 fully saturated rings. The monoisotopic (exact) mass is 577 g/mol. The second-order valence-corrected chi connectivity index (χ2v) is 8.75. The highest BCUT2D eigenvalue weighted by Crippen LogP contribution is 2.20. The number of nitrogens with one attached hydrogen (secondary N) is 3. The van der Waals surface area contributed by atoms with Gasteiger partial charge in [-0.3, -0.25) is 14.7 Å². The number of carbonyl (C=O) groups is 1. The zero-order valence-corrected chi connectivity index (χ0v) is 22.2. The lowest BCUT2D eigenvalue weighted by Crippen LogP contribution is -2.44. The van der Waals surface area contributed by atoms with Crippen LogP contribution in [0.3, 0.4) is 0 Å². The van der Waals surface area contributed by atoms with Crippen molar-refractivity contribution in [3.63, 3.8) is 0 Å². The van der Waals surface area contributed by atoms with Gasteiger partial charge in [0, 0.05) is 45.0 Å². The van der Waals surface area contributed by atoms with E-state index < -0.39 is 0 Å². The summed E-state index contributed by atoms with van der Waals surface area (Å²) in [5.74, 6) is 0.724. The Kier molecular flexibility index (Phi) is 10.6. The van der Waals surface area contributed by atoms with Crippen LogP contribution in [0.4, 0.5) is 5.69 Å². The van der Waals surface area contributed by atoms with E-state index in [9.17, 15) is 4.79 Å². The predicted molar refractivity (Wildman–Crippen MR) is 148 cm³/mol. The molecule has 2 aromatic rings. The fourth-order valence-electron chi connectivity index (χ4n) is 4.54. The number of anilines is 1. The highest BCUT2D eigenvalue weighted by Gasteiger charge is 2.25.